The minimum atomic E-state index is -0.604. The molecule has 0 aliphatic carbocycles. The number of phenolic OH excluding ortho intramolecular Hbond substituents is 1. The molecule has 0 bridgehead atoms. The van der Waals surface area contributed by atoms with Crippen LogP contribution in [0.5, 0.6) is 11.5 Å². The van der Waals surface area contributed by atoms with Gasteiger partial charge in [0.25, 0.3) is 5.91 Å². The zero-order chi connectivity index (χ0) is 22.8. The van der Waals surface area contributed by atoms with Crippen molar-refractivity contribution >= 4 is 34.7 Å². The molecule has 1 atom stereocenters. The lowest BCUT2D eigenvalue weighted by Gasteiger charge is -2.37. The number of amides is 1. The number of allylic oxidation sites excluding steroid dienone is 1. The van der Waals surface area contributed by atoms with Crippen molar-refractivity contribution in [3.8, 4) is 11.5 Å². The van der Waals surface area contributed by atoms with Crippen molar-refractivity contribution in [1.82, 2.24) is 10.5 Å². The average Bonchev–Trinajstić information content (AvgIpc) is 3.18. The van der Waals surface area contributed by atoms with E-state index in [1.165, 1.54) is 7.11 Å². The van der Waals surface area contributed by atoms with E-state index in [2.05, 4.69) is 15.8 Å². The number of carbonyl (C=O) groups excluding carboxylic acids is 1. The summed E-state index contributed by atoms with van der Waals surface area (Å²) < 4.78 is 10.2. The van der Waals surface area contributed by atoms with Crippen LogP contribution >= 0.6 is 12.2 Å². The maximum Gasteiger partial charge on any atom is 0.257 e. The van der Waals surface area contributed by atoms with Crippen molar-refractivity contribution in [2.75, 3.05) is 17.3 Å². The molecule has 8 nitrogen and oxygen atoms in total. The van der Waals surface area contributed by atoms with E-state index >= 15 is 0 Å². The number of methoxy groups -OCH3 is 1. The molecule has 0 saturated heterocycles. The van der Waals surface area contributed by atoms with Crippen LogP contribution in [0.2, 0.25) is 0 Å². The summed E-state index contributed by atoms with van der Waals surface area (Å²) in [6.07, 6.45) is 0. The van der Waals surface area contributed by atoms with Gasteiger partial charge in [-0.3, -0.25) is 9.69 Å². The molecule has 164 valence electrons. The number of ether oxygens (including phenoxy) is 1. The Hall–Kier alpha value is -3.85. The number of aromatic nitrogens is 1. The summed E-state index contributed by atoms with van der Waals surface area (Å²) in [5.74, 6) is 0.822. The quantitative estimate of drug-likeness (QED) is 0.501. The molecule has 2 heterocycles. The van der Waals surface area contributed by atoms with Crippen LogP contribution in [0.15, 0.2) is 70.4 Å². The molecule has 1 aliphatic heterocycles. The lowest BCUT2D eigenvalue weighted by molar-refractivity contribution is -0.113. The van der Waals surface area contributed by atoms with E-state index < -0.39 is 6.04 Å². The van der Waals surface area contributed by atoms with Crippen molar-refractivity contribution in [1.29, 1.82) is 0 Å². The predicted octanol–water partition coefficient (Wildman–Crippen LogP) is 4.05. The molecule has 32 heavy (non-hydrogen) atoms. The van der Waals surface area contributed by atoms with E-state index in [9.17, 15) is 9.90 Å². The number of phenols is 1. The van der Waals surface area contributed by atoms with Gasteiger partial charge in [-0.15, -0.1) is 0 Å². The lowest BCUT2D eigenvalue weighted by atomic mass is 9.93. The van der Waals surface area contributed by atoms with Gasteiger partial charge in [0.2, 0.25) is 0 Å². The van der Waals surface area contributed by atoms with E-state index in [1.54, 1.807) is 36.1 Å². The first-order valence-corrected chi connectivity index (χ1v) is 10.3. The Morgan fingerprint density at radius 1 is 1.22 bits per heavy atom. The van der Waals surface area contributed by atoms with E-state index in [0.717, 1.165) is 5.69 Å². The van der Waals surface area contributed by atoms with Crippen molar-refractivity contribution in [3.05, 3.63) is 77.2 Å². The monoisotopic (exact) mass is 450 g/mol. The third kappa shape index (κ3) is 4.02. The largest absolute Gasteiger partial charge is 0.504 e. The third-order valence-corrected chi connectivity index (χ3v) is 5.45. The van der Waals surface area contributed by atoms with Gasteiger partial charge in [-0.05, 0) is 55.9 Å². The van der Waals surface area contributed by atoms with Gasteiger partial charge in [0, 0.05) is 17.5 Å². The fourth-order valence-electron chi connectivity index (χ4n) is 3.67. The van der Waals surface area contributed by atoms with Gasteiger partial charge in [0.15, 0.2) is 22.4 Å². The third-order valence-electron chi connectivity index (χ3n) is 5.15. The molecule has 0 fully saturated rings. The van der Waals surface area contributed by atoms with E-state index in [0.29, 0.717) is 39.3 Å². The van der Waals surface area contributed by atoms with Crippen LogP contribution in [-0.2, 0) is 4.79 Å². The molecule has 0 radical (unpaired) electrons. The Bertz CT molecular complexity index is 1210. The zero-order valence-electron chi connectivity index (χ0n) is 17.7. The Balaban J connectivity index is 1.81. The molecule has 1 amide bonds. The normalized spacial score (nSPS) is 16.0. The Morgan fingerprint density at radius 2 is 1.97 bits per heavy atom. The van der Waals surface area contributed by atoms with E-state index in [1.807, 2.05) is 37.3 Å². The molecule has 0 saturated carbocycles. The molecule has 1 unspecified atom stereocenters. The summed E-state index contributed by atoms with van der Waals surface area (Å²) in [4.78, 5) is 15.2. The SMILES string of the molecule is COc1ccc(C2NC(=S)N(c3ccccc3)C(C)=C2C(=O)Nc2cc(C)on2)cc1O. The van der Waals surface area contributed by atoms with Crippen molar-refractivity contribution in [2.24, 2.45) is 0 Å². The number of rotatable bonds is 5. The summed E-state index contributed by atoms with van der Waals surface area (Å²) in [6, 6.07) is 15.5. The number of benzene rings is 2. The highest BCUT2D eigenvalue weighted by Crippen LogP contribution is 2.37. The fraction of sp³-hybridized carbons (Fsp3) is 0.174. The average molecular weight is 451 g/mol. The van der Waals surface area contributed by atoms with Gasteiger partial charge in [-0.1, -0.05) is 29.4 Å². The second kappa shape index (κ2) is 8.72. The van der Waals surface area contributed by atoms with Gasteiger partial charge in [0.05, 0.1) is 18.7 Å². The number of hydrogen-bond donors (Lipinski definition) is 3. The highest BCUT2D eigenvalue weighted by atomic mass is 32.1. The highest BCUT2D eigenvalue weighted by molar-refractivity contribution is 7.80. The van der Waals surface area contributed by atoms with Crippen LogP contribution in [0.4, 0.5) is 11.5 Å². The van der Waals surface area contributed by atoms with Crippen LogP contribution in [0, 0.1) is 6.92 Å². The molecule has 2 aromatic carbocycles. The molecule has 1 aliphatic rings. The van der Waals surface area contributed by atoms with Crippen molar-refractivity contribution < 1.29 is 19.2 Å². The molecule has 1 aromatic heterocycles. The van der Waals surface area contributed by atoms with Gasteiger partial charge >= 0.3 is 0 Å². The van der Waals surface area contributed by atoms with Crippen LogP contribution in [-0.4, -0.2) is 28.4 Å². The second-order valence-electron chi connectivity index (χ2n) is 7.26. The summed E-state index contributed by atoms with van der Waals surface area (Å²) >= 11 is 5.65. The molecular weight excluding hydrogens is 428 g/mol. The van der Waals surface area contributed by atoms with Crippen LogP contribution in [0.1, 0.15) is 24.3 Å². The van der Waals surface area contributed by atoms with Gasteiger partial charge in [-0.25, -0.2) is 0 Å². The summed E-state index contributed by atoms with van der Waals surface area (Å²) in [5.41, 5.74) is 2.55. The Labute approximate surface area is 190 Å². The standard InChI is InChI=1S/C23H22N4O4S/c1-13-11-19(26-31-13)24-22(29)20-14(2)27(16-7-5-4-6-8-16)23(32)25-21(20)15-9-10-18(30-3)17(28)12-15/h4-12,21,28H,1-3H3,(H,25,32)(H,24,26,29). The number of aromatic hydroxyl groups is 1. The number of nitrogens with zero attached hydrogens (tertiary/aromatic N) is 2. The molecule has 0 spiro atoms. The Kier molecular flexibility index (Phi) is 5.83. The lowest BCUT2D eigenvalue weighted by Crippen LogP contribution is -2.48. The zero-order valence-corrected chi connectivity index (χ0v) is 18.6. The minimum absolute atomic E-state index is 0.0345. The summed E-state index contributed by atoms with van der Waals surface area (Å²) in [5, 5.41) is 20.6. The van der Waals surface area contributed by atoms with Crippen molar-refractivity contribution in [2.45, 2.75) is 19.9 Å². The summed E-state index contributed by atoms with van der Waals surface area (Å²) in [7, 11) is 1.48. The second-order valence-corrected chi connectivity index (χ2v) is 7.65. The van der Waals surface area contributed by atoms with E-state index in [4.69, 9.17) is 21.5 Å². The van der Waals surface area contributed by atoms with Crippen LogP contribution < -0.4 is 20.3 Å². The first-order chi connectivity index (χ1) is 15.4. The molecule has 3 aromatic rings. The van der Waals surface area contributed by atoms with Gasteiger partial charge in [0.1, 0.15) is 5.76 Å². The fourth-order valence-corrected chi connectivity index (χ4v) is 4.03. The first-order valence-electron chi connectivity index (χ1n) is 9.87. The number of anilines is 2. The molecule has 3 N–H and O–H groups in total. The van der Waals surface area contributed by atoms with Crippen LogP contribution in [0.3, 0.4) is 0 Å². The summed E-state index contributed by atoms with van der Waals surface area (Å²) in [6.45, 7) is 3.58. The number of aryl methyl sites for hydroxylation is 1. The smallest absolute Gasteiger partial charge is 0.257 e. The molecule has 9 heteroatoms. The topological polar surface area (TPSA) is 99.9 Å². The number of hydrogen-bond acceptors (Lipinski definition) is 6. The van der Waals surface area contributed by atoms with Gasteiger partial charge < -0.3 is 25.0 Å². The van der Waals surface area contributed by atoms with Crippen molar-refractivity contribution in [3.63, 3.8) is 0 Å². The minimum Gasteiger partial charge on any atom is -0.504 e. The Morgan fingerprint density at radius 3 is 2.59 bits per heavy atom. The number of carbonyl (C=O) groups is 1. The molecule has 4 rings (SSSR count). The molecular formula is C23H22N4O4S. The van der Waals surface area contributed by atoms with Crippen LogP contribution in [0.25, 0.3) is 0 Å². The number of para-hydroxylation sites is 1. The first kappa shape index (κ1) is 21.4. The van der Waals surface area contributed by atoms with Gasteiger partial charge in [-0.2, -0.15) is 0 Å². The predicted molar refractivity (Wildman–Crippen MR) is 125 cm³/mol. The highest BCUT2D eigenvalue weighted by Gasteiger charge is 2.35. The maximum absolute atomic E-state index is 13.4. The number of thiocarbonyl (C=S) groups is 1. The maximum atomic E-state index is 13.4. The number of nitrogens with one attached hydrogen (secondary N) is 2. The van der Waals surface area contributed by atoms with E-state index in [-0.39, 0.29) is 11.7 Å².